The van der Waals surface area contributed by atoms with Crippen molar-refractivity contribution in [2.75, 3.05) is 0 Å². The van der Waals surface area contributed by atoms with Crippen molar-refractivity contribution in [2.24, 2.45) is 0 Å². The van der Waals surface area contributed by atoms with Crippen LogP contribution in [-0.2, 0) is 5.41 Å². The normalized spacial score (nSPS) is 13.6. The highest BCUT2D eigenvalue weighted by atomic mass is 15.0. The Balaban J connectivity index is 1.14. The van der Waals surface area contributed by atoms with Gasteiger partial charge in [0.25, 0.3) is 0 Å². The van der Waals surface area contributed by atoms with E-state index < -0.39 is 0 Å². The molecule has 0 unspecified atom stereocenters. The minimum Gasteiger partial charge on any atom is -0.208 e. The molecular formula is C50H31N3. The molecule has 1 aliphatic rings. The van der Waals surface area contributed by atoms with Crippen molar-refractivity contribution in [2.45, 2.75) is 19.3 Å². The maximum atomic E-state index is 5.38. The summed E-state index contributed by atoms with van der Waals surface area (Å²) >= 11 is 0. The van der Waals surface area contributed by atoms with Crippen molar-refractivity contribution in [3.8, 4) is 45.3 Å². The zero-order valence-corrected chi connectivity index (χ0v) is 29.3. The van der Waals surface area contributed by atoms with Gasteiger partial charge in [0.15, 0.2) is 17.5 Å². The third-order valence-electron chi connectivity index (χ3n) is 12.0. The SMILES string of the molecule is CC1(C)c2ccccc2-c2ccc(-c3nc(-c4ccc5ccc6cccc7ccc4c5c67)nc(-c4ccc5ccc6cccc7ccc4c5c67)n3)cc21. The van der Waals surface area contributed by atoms with Gasteiger partial charge in [0.2, 0.25) is 0 Å². The average Bonchev–Trinajstić information content (AvgIpc) is 3.44. The molecule has 0 saturated carbocycles. The molecule has 10 aromatic carbocycles. The second-order valence-corrected chi connectivity index (χ2v) is 15.2. The molecule has 0 bridgehead atoms. The predicted octanol–water partition coefficient (Wildman–Crippen LogP) is 13.0. The van der Waals surface area contributed by atoms with Crippen LogP contribution in [0.5, 0.6) is 0 Å². The smallest absolute Gasteiger partial charge is 0.164 e. The zero-order chi connectivity index (χ0) is 35.0. The molecule has 0 fully saturated rings. The highest BCUT2D eigenvalue weighted by molar-refractivity contribution is 6.26. The number of rotatable bonds is 3. The van der Waals surface area contributed by atoms with Crippen molar-refractivity contribution in [3.05, 3.63) is 163 Å². The van der Waals surface area contributed by atoms with Crippen LogP contribution in [0.2, 0.25) is 0 Å². The summed E-state index contributed by atoms with van der Waals surface area (Å²) in [7, 11) is 0. The van der Waals surface area contributed by atoms with E-state index in [4.69, 9.17) is 15.0 Å². The molecule has 53 heavy (non-hydrogen) atoms. The number of nitrogens with zero attached hydrogens (tertiary/aromatic N) is 3. The quantitative estimate of drug-likeness (QED) is 0.175. The molecule has 1 aromatic heterocycles. The number of aromatic nitrogens is 3. The van der Waals surface area contributed by atoms with Gasteiger partial charge in [-0.3, -0.25) is 0 Å². The second-order valence-electron chi connectivity index (χ2n) is 15.2. The molecule has 0 atom stereocenters. The van der Waals surface area contributed by atoms with Gasteiger partial charge in [0.05, 0.1) is 0 Å². The van der Waals surface area contributed by atoms with Crippen LogP contribution in [0.3, 0.4) is 0 Å². The van der Waals surface area contributed by atoms with Crippen LogP contribution in [0, 0.1) is 0 Å². The van der Waals surface area contributed by atoms with E-state index in [1.807, 2.05) is 0 Å². The minimum absolute atomic E-state index is 0.140. The topological polar surface area (TPSA) is 38.7 Å². The number of fused-ring (bicyclic) bond motifs is 3. The van der Waals surface area contributed by atoms with Gasteiger partial charge in [-0.25, -0.2) is 15.0 Å². The summed E-state index contributed by atoms with van der Waals surface area (Å²) < 4.78 is 0. The van der Waals surface area contributed by atoms with Crippen molar-refractivity contribution < 1.29 is 0 Å². The van der Waals surface area contributed by atoms with E-state index in [0.717, 1.165) is 27.5 Å². The summed E-state index contributed by atoms with van der Waals surface area (Å²) in [6, 6.07) is 55.3. The molecule has 246 valence electrons. The molecule has 0 N–H and O–H groups in total. The van der Waals surface area contributed by atoms with E-state index in [9.17, 15) is 0 Å². The van der Waals surface area contributed by atoms with E-state index >= 15 is 0 Å². The molecule has 0 radical (unpaired) electrons. The largest absolute Gasteiger partial charge is 0.208 e. The molecule has 11 aromatic rings. The first-order chi connectivity index (χ1) is 26.0. The molecule has 0 aliphatic heterocycles. The van der Waals surface area contributed by atoms with E-state index in [1.165, 1.54) is 76.1 Å². The van der Waals surface area contributed by atoms with Crippen LogP contribution >= 0.6 is 0 Å². The van der Waals surface area contributed by atoms with Crippen LogP contribution < -0.4 is 0 Å². The lowest BCUT2D eigenvalue weighted by molar-refractivity contribution is 0.660. The van der Waals surface area contributed by atoms with Gasteiger partial charge >= 0.3 is 0 Å². The monoisotopic (exact) mass is 673 g/mol. The van der Waals surface area contributed by atoms with E-state index in [1.54, 1.807) is 0 Å². The van der Waals surface area contributed by atoms with Gasteiger partial charge in [0.1, 0.15) is 0 Å². The summed E-state index contributed by atoms with van der Waals surface area (Å²) in [6.45, 7) is 4.64. The van der Waals surface area contributed by atoms with Crippen LogP contribution in [0.1, 0.15) is 25.0 Å². The Morgan fingerprint density at radius 1 is 0.340 bits per heavy atom. The standard InChI is InChI=1S/C50H31N3/c1-50(2)41-12-4-3-11-35(41)36-22-21-34(27-42(36)50)47-51-48(39-25-19-32-15-13-28-7-5-9-30-17-23-37(39)45(32)43(28)30)53-49(52-47)40-26-20-33-16-14-29-8-6-10-31-18-24-38(40)46(33)44(29)31/h3-27H,1-2H3. The molecule has 1 aliphatic carbocycles. The Hall–Kier alpha value is -6.71. The summed E-state index contributed by atoms with van der Waals surface area (Å²) in [6.07, 6.45) is 0. The van der Waals surface area contributed by atoms with Gasteiger partial charge in [-0.1, -0.05) is 147 Å². The van der Waals surface area contributed by atoms with Gasteiger partial charge in [-0.2, -0.15) is 0 Å². The Bertz CT molecular complexity index is 3120. The fraction of sp³-hybridized carbons (Fsp3) is 0.0600. The molecular weight excluding hydrogens is 643 g/mol. The van der Waals surface area contributed by atoms with Crippen LogP contribution in [-0.4, -0.2) is 15.0 Å². The third kappa shape index (κ3) is 3.91. The Morgan fingerprint density at radius 3 is 1.34 bits per heavy atom. The lowest BCUT2D eigenvalue weighted by Gasteiger charge is -2.22. The summed E-state index contributed by atoms with van der Waals surface area (Å²) in [5.41, 5.74) is 8.10. The fourth-order valence-electron chi connectivity index (χ4n) is 9.45. The summed E-state index contributed by atoms with van der Waals surface area (Å²) in [4.78, 5) is 16.1. The Labute approximate surface area is 305 Å². The van der Waals surface area contributed by atoms with Gasteiger partial charge in [-0.05, 0) is 105 Å². The minimum atomic E-state index is -0.140. The molecule has 3 heteroatoms. The Kier molecular flexibility index (Phi) is 5.57. The Morgan fingerprint density at radius 2 is 0.774 bits per heavy atom. The van der Waals surface area contributed by atoms with Crippen LogP contribution in [0.15, 0.2) is 152 Å². The number of benzene rings is 10. The average molecular weight is 674 g/mol. The van der Waals surface area contributed by atoms with Crippen LogP contribution in [0.4, 0.5) is 0 Å². The number of hydrogen-bond acceptors (Lipinski definition) is 3. The van der Waals surface area contributed by atoms with Gasteiger partial charge in [0, 0.05) is 22.1 Å². The maximum absolute atomic E-state index is 5.38. The third-order valence-corrected chi connectivity index (χ3v) is 12.0. The fourth-order valence-corrected chi connectivity index (χ4v) is 9.45. The molecule has 0 spiro atoms. The first kappa shape index (κ1) is 28.9. The zero-order valence-electron chi connectivity index (χ0n) is 29.3. The highest BCUT2D eigenvalue weighted by Crippen LogP contribution is 2.50. The maximum Gasteiger partial charge on any atom is 0.164 e. The van der Waals surface area contributed by atoms with Crippen molar-refractivity contribution >= 4 is 64.6 Å². The second kappa shape index (κ2) is 10.2. The highest BCUT2D eigenvalue weighted by Gasteiger charge is 2.35. The van der Waals surface area contributed by atoms with Crippen molar-refractivity contribution in [1.29, 1.82) is 0 Å². The van der Waals surface area contributed by atoms with E-state index in [0.29, 0.717) is 17.5 Å². The first-order valence-corrected chi connectivity index (χ1v) is 18.4. The van der Waals surface area contributed by atoms with Gasteiger partial charge < -0.3 is 0 Å². The number of hydrogen-bond donors (Lipinski definition) is 0. The molecule has 0 saturated heterocycles. The summed E-state index contributed by atoms with van der Waals surface area (Å²) in [5.74, 6) is 2.03. The molecule has 12 rings (SSSR count). The van der Waals surface area contributed by atoms with Gasteiger partial charge in [-0.15, -0.1) is 0 Å². The van der Waals surface area contributed by atoms with Crippen molar-refractivity contribution in [3.63, 3.8) is 0 Å². The predicted molar refractivity (Wildman–Crippen MR) is 221 cm³/mol. The summed E-state index contributed by atoms with van der Waals surface area (Å²) in [5, 5.41) is 14.8. The lowest BCUT2D eigenvalue weighted by Crippen LogP contribution is -2.15. The lowest BCUT2D eigenvalue weighted by atomic mass is 9.82. The van der Waals surface area contributed by atoms with Crippen LogP contribution in [0.25, 0.3) is 110 Å². The molecule has 1 heterocycles. The van der Waals surface area contributed by atoms with Crippen molar-refractivity contribution in [1.82, 2.24) is 15.0 Å². The van der Waals surface area contributed by atoms with E-state index in [-0.39, 0.29) is 5.41 Å². The first-order valence-electron chi connectivity index (χ1n) is 18.4. The molecule has 3 nitrogen and oxygen atoms in total. The van der Waals surface area contributed by atoms with E-state index in [2.05, 4.69) is 166 Å². The molecule has 0 amide bonds.